The molecule has 2 aromatic rings. The molecule has 3 heterocycles. The first-order valence-electron chi connectivity index (χ1n) is 5.39. The number of hydrogen-bond acceptors (Lipinski definition) is 4. The molecule has 0 aliphatic carbocycles. The van der Waals surface area contributed by atoms with Crippen LogP contribution in [-0.2, 0) is 9.59 Å². The standard InChI is InChI=1S/C13H9NO2S2/c15-12-6-8(13(16)14-12)4-10-5-9(7-18-10)11-2-1-3-17-11/h1-5,7H,6H2,(H,14,15,16). The summed E-state index contributed by atoms with van der Waals surface area (Å²) < 4.78 is 0. The van der Waals surface area contributed by atoms with Gasteiger partial charge in [0.2, 0.25) is 5.91 Å². The van der Waals surface area contributed by atoms with E-state index in [-0.39, 0.29) is 18.2 Å². The fourth-order valence-electron chi connectivity index (χ4n) is 1.79. The van der Waals surface area contributed by atoms with Crippen LogP contribution in [0.4, 0.5) is 0 Å². The van der Waals surface area contributed by atoms with Crippen molar-refractivity contribution < 1.29 is 9.59 Å². The monoisotopic (exact) mass is 275 g/mol. The Hall–Kier alpha value is -1.72. The van der Waals surface area contributed by atoms with E-state index < -0.39 is 0 Å². The van der Waals surface area contributed by atoms with Crippen LogP contribution in [0.3, 0.4) is 0 Å². The van der Waals surface area contributed by atoms with Crippen LogP contribution in [0, 0.1) is 0 Å². The van der Waals surface area contributed by atoms with Gasteiger partial charge >= 0.3 is 0 Å². The molecule has 1 N–H and O–H groups in total. The van der Waals surface area contributed by atoms with Crippen LogP contribution in [0.2, 0.25) is 0 Å². The van der Waals surface area contributed by atoms with Gasteiger partial charge < -0.3 is 0 Å². The van der Waals surface area contributed by atoms with Gasteiger partial charge in [0, 0.05) is 20.9 Å². The minimum absolute atomic E-state index is 0.186. The SMILES string of the molecule is O=C1CC(=Cc2cc(-c3cccs3)cs2)C(=O)N1. The lowest BCUT2D eigenvalue weighted by Gasteiger charge is -1.90. The van der Waals surface area contributed by atoms with Gasteiger partial charge in [0.25, 0.3) is 5.91 Å². The third-order valence-corrected chi connectivity index (χ3v) is 4.44. The van der Waals surface area contributed by atoms with Gasteiger partial charge in [-0.1, -0.05) is 6.07 Å². The minimum Gasteiger partial charge on any atom is -0.292 e. The molecule has 1 fully saturated rings. The van der Waals surface area contributed by atoms with Gasteiger partial charge in [-0.25, -0.2) is 0 Å². The van der Waals surface area contributed by atoms with Crippen molar-refractivity contribution in [2.45, 2.75) is 6.42 Å². The van der Waals surface area contributed by atoms with Crippen LogP contribution in [0.15, 0.2) is 34.5 Å². The normalized spacial score (nSPS) is 17.4. The number of amides is 2. The first-order valence-corrected chi connectivity index (χ1v) is 7.15. The molecule has 1 aliphatic heterocycles. The summed E-state index contributed by atoms with van der Waals surface area (Å²) in [5, 5.41) is 6.38. The molecule has 0 unspecified atom stereocenters. The highest BCUT2D eigenvalue weighted by molar-refractivity contribution is 7.15. The predicted octanol–water partition coefficient (Wildman–Crippen LogP) is 2.91. The predicted molar refractivity (Wildman–Crippen MR) is 73.4 cm³/mol. The molecule has 2 amide bonds. The number of thiophene rings is 2. The third kappa shape index (κ3) is 2.14. The summed E-state index contributed by atoms with van der Waals surface area (Å²) in [7, 11) is 0. The first kappa shape index (κ1) is 11.4. The van der Waals surface area contributed by atoms with E-state index in [2.05, 4.69) is 16.8 Å². The molecule has 0 radical (unpaired) electrons. The first-order chi connectivity index (χ1) is 8.72. The third-order valence-electron chi connectivity index (χ3n) is 2.64. The Morgan fingerprint density at radius 2 is 2.17 bits per heavy atom. The van der Waals surface area contributed by atoms with Crippen LogP contribution in [0.25, 0.3) is 16.5 Å². The lowest BCUT2D eigenvalue weighted by Crippen LogP contribution is -2.19. The quantitative estimate of drug-likeness (QED) is 0.676. The summed E-state index contributed by atoms with van der Waals surface area (Å²) in [6.45, 7) is 0. The Bertz CT molecular complexity index is 638. The number of hydrogen-bond donors (Lipinski definition) is 1. The molecule has 2 aromatic heterocycles. The van der Waals surface area contributed by atoms with E-state index in [1.54, 1.807) is 28.7 Å². The van der Waals surface area contributed by atoms with Gasteiger partial charge in [-0.15, -0.1) is 22.7 Å². The second-order valence-corrected chi connectivity index (χ2v) is 5.83. The molecule has 3 rings (SSSR count). The van der Waals surface area contributed by atoms with Crippen molar-refractivity contribution in [2.24, 2.45) is 0 Å². The fourth-order valence-corrected chi connectivity index (χ4v) is 3.45. The highest BCUT2D eigenvalue weighted by Crippen LogP contribution is 2.30. The molecule has 18 heavy (non-hydrogen) atoms. The summed E-state index contributed by atoms with van der Waals surface area (Å²) in [5.41, 5.74) is 1.70. The van der Waals surface area contributed by atoms with Gasteiger partial charge in [-0.05, 0) is 29.0 Å². The van der Waals surface area contributed by atoms with Gasteiger partial charge in [-0.2, -0.15) is 0 Å². The van der Waals surface area contributed by atoms with E-state index in [1.807, 2.05) is 17.5 Å². The summed E-state index contributed by atoms with van der Waals surface area (Å²) in [6.07, 6.45) is 1.98. The van der Waals surface area contributed by atoms with E-state index in [0.29, 0.717) is 5.57 Å². The van der Waals surface area contributed by atoms with Crippen LogP contribution in [-0.4, -0.2) is 11.8 Å². The molecule has 0 spiro atoms. The van der Waals surface area contributed by atoms with E-state index in [1.165, 1.54) is 4.88 Å². The van der Waals surface area contributed by atoms with Gasteiger partial charge in [0.1, 0.15) is 0 Å². The minimum atomic E-state index is -0.272. The zero-order valence-corrected chi connectivity index (χ0v) is 10.9. The van der Waals surface area contributed by atoms with E-state index in [9.17, 15) is 9.59 Å². The fraction of sp³-hybridized carbons (Fsp3) is 0.0769. The average molecular weight is 275 g/mol. The summed E-state index contributed by atoms with van der Waals surface area (Å²) in [4.78, 5) is 24.7. The average Bonchev–Trinajstić information content (AvgIpc) is 3.02. The number of rotatable bonds is 2. The van der Waals surface area contributed by atoms with Crippen molar-refractivity contribution in [3.63, 3.8) is 0 Å². The summed E-state index contributed by atoms with van der Waals surface area (Å²) >= 11 is 3.26. The molecule has 90 valence electrons. The number of carbonyl (C=O) groups excluding carboxylic acids is 2. The Kier molecular flexibility index (Phi) is 2.85. The van der Waals surface area contributed by atoms with Gasteiger partial charge in [0.05, 0.1) is 6.42 Å². The van der Waals surface area contributed by atoms with Crippen molar-refractivity contribution in [3.05, 3.63) is 39.4 Å². The maximum absolute atomic E-state index is 11.4. The van der Waals surface area contributed by atoms with E-state index in [0.717, 1.165) is 10.4 Å². The molecule has 5 heteroatoms. The lowest BCUT2D eigenvalue weighted by atomic mass is 10.2. The smallest absolute Gasteiger partial charge is 0.254 e. The largest absolute Gasteiger partial charge is 0.292 e. The molecule has 3 nitrogen and oxygen atoms in total. The van der Waals surface area contributed by atoms with Crippen molar-refractivity contribution >= 4 is 40.6 Å². The molecule has 1 aliphatic rings. The van der Waals surface area contributed by atoms with Crippen molar-refractivity contribution in [1.82, 2.24) is 5.32 Å². The Morgan fingerprint density at radius 3 is 2.83 bits per heavy atom. The van der Waals surface area contributed by atoms with Crippen LogP contribution >= 0.6 is 22.7 Å². The van der Waals surface area contributed by atoms with Crippen LogP contribution in [0.5, 0.6) is 0 Å². The van der Waals surface area contributed by atoms with Crippen molar-refractivity contribution in [1.29, 1.82) is 0 Å². The molecule has 0 bridgehead atoms. The van der Waals surface area contributed by atoms with Gasteiger partial charge in [-0.3, -0.25) is 14.9 Å². The molecular formula is C13H9NO2S2. The number of imide groups is 1. The van der Waals surface area contributed by atoms with Crippen LogP contribution < -0.4 is 5.32 Å². The molecule has 0 atom stereocenters. The Labute approximate surface area is 112 Å². The summed E-state index contributed by atoms with van der Waals surface area (Å²) in [6, 6.07) is 6.12. The molecule has 0 aromatic carbocycles. The van der Waals surface area contributed by atoms with E-state index >= 15 is 0 Å². The van der Waals surface area contributed by atoms with Crippen molar-refractivity contribution in [2.75, 3.05) is 0 Å². The second kappa shape index (κ2) is 4.51. The van der Waals surface area contributed by atoms with E-state index in [4.69, 9.17) is 0 Å². The lowest BCUT2D eigenvalue weighted by molar-refractivity contribution is -0.124. The number of nitrogens with one attached hydrogen (secondary N) is 1. The maximum atomic E-state index is 11.4. The summed E-state index contributed by atoms with van der Waals surface area (Å²) in [5.74, 6) is -0.493. The topological polar surface area (TPSA) is 46.2 Å². The molecular weight excluding hydrogens is 266 g/mol. The van der Waals surface area contributed by atoms with Crippen LogP contribution in [0.1, 0.15) is 11.3 Å². The Morgan fingerprint density at radius 1 is 1.28 bits per heavy atom. The zero-order valence-electron chi connectivity index (χ0n) is 9.30. The Balaban J connectivity index is 1.88. The second-order valence-electron chi connectivity index (χ2n) is 3.94. The molecule has 1 saturated heterocycles. The maximum Gasteiger partial charge on any atom is 0.254 e. The highest BCUT2D eigenvalue weighted by Gasteiger charge is 2.23. The number of carbonyl (C=O) groups is 2. The van der Waals surface area contributed by atoms with Gasteiger partial charge in [0.15, 0.2) is 0 Å². The molecule has 0 saturated carbocycles. The zero-order chi connectivity index (χ0) is 12.5. The van der Waals surface area contributed by atoms with Crippen molar-refractivity contribution in [3.8, 4) is 10.4 Å². The highest BCUT2D eigenvalue weighted by atomic mass is 32.1.